The van der Waals surface area contributed by atoms with Crippen LogP contribution in [0.25, 0.3) is 0 Å². The molecule has 4 saturated heterocycles. The van der Waals surface area contributed by atoms with E-state index in [1.165, 1.54) is 12.5 Å². The number of hydrogen-bond acceptors (Lipinski definition) is 22. The van der Waals surface area contributed by atoms with E-state index in [1.807, 2.05) is 20.8 Å². The molecule has 0 bridgehead atoms. The maximum absolute atomic E-state index is 12.6. The molecule has 4 saturated carbocycles. The van der Waals surface area contributed by atoms with Gasteiger partial charge in [0, 0.05) is 10.8 Å². The van der Waals surface area contributed by atoms with Crippen molar-refractivity contribution in [1.82, 2.24) is 0 Å². The van der Waals surface area contributed by atoms with Gasteiger partial charge in [-0.25, -0.2) is 4.79 Å². The van der Waals surface area contributed by atoms with Gasteiger partial charge in [0.25, 0.3) is 0 Å². The Bertz CT molecular complexity index is 2120. The van der Waals surface area contributed by atoms with Gasteiger partial charge < -0.3 is 109 Å². The number of aliphatic hydroxyl groups excluding tert-OH is 13. The number of fused-ring (bicyclic) bond motifs is 7. The van der Waals surface area contributed by atoms with Crippen molar-refractivity contribution in [1.29, 1.82) is 0 Å². The van der Waals surface area contributed by atoms with Crippen LogP contribution in [0.2, 0.25) is 0 Å². The Morgan fingerprint density at radius 2 is 1.26 bits per heavy atom. The molecule has 14 N–H and O–H groups in total. The molecule has 0 aromatic heterocycles. The van der Waals surface area contributed by atoms with Gasteiger partial charge in [0.2, 0.25) is 0 Å². The highest BCUT2D eigenvalue weighted by Crippen LogP contribution is 2.76. The highest BCUT2D eigenvalue weighted by molar-refractivity contribution is 5.73. The van der Waals surface area contributed by atoms with Crippen LogP contribution in [-0.2, 0) is 42.7 Å². The molecule has 23 nitrogen and oxygen atoms in total. The third kappa shape index (κ3) is 9.18. The van der Waals surface area contributed by atoms with Gasteiger partial charge in [0.1, 0.15) is 79.4 Å². The van der Waals surface area contributed by atoms with E-state index in [4.69, 9.17) is 37.9 Å². The van der Waals surface area contributed by atoms with E-state index in [9.17, 15) is 76.3 Å². The molecule has 0 amide bonds. The minimum atomic E-state index is -2.11. The summed E-state index contributed by atoms with van der Waals surface area (Å²) in [7, 11) is 0. The molecule has 76 heavy (non-hydrogen) atoms. The van der Waals surface area contributed by atoms with Crippen molar-refractivity contribution in [2.24, 2.45) is 50.2 Å². The number of carboxylic acids is 1. The van der Waals surface area contributed by atoms with Gasteiger partial charge in [-0.3, -0.25) is 0 Å². The predicted octanol–water partition coefficient (Wildman–Crippen LogP) is -1.86. The number of hydrogen-bond donors (Lipinski definition) is 14. The third-order valence-electron chi connectivity index (χ3n) is 21.4. The number of carboxylic acid groups (broad SMARTS) is 1. The van der Waals surface area contributed by atoms with Crippen molar-refractivity contribution in [2.45, 2.75) is 242 Å². The summed E-state index contributed by atoms with van der Waals surface area (Å²) in [6, 6.07) is 0. The zero-order chi connectivity index (χ0) is 55.7. The lowest BCUT2D eigenvalue weighted by atomic mass is 9.33. The fourth-order valence-electron chi connectivity index (χ4n) is 16.4. The van der Waals surface area contributed by atoms with Gasteiger partial charge in [0.15, 0.2) is 31.3 Å². The molecule has 0 radical (unpaired) electrons. The maximum atomic E-state index is 12.6. The van der Waals surface area contributed by atoms with E-state index in [-0.39, 0.29) is 47.2 Å². The van der Waals surface area contributed by atoms with Crippen LogP contribution in [0.4, 0.5) is 0 Å². The van der Waals surface area contributed by atoms with Gasteiger partial charge in [-0.15, -0.1) is 0 Å². The van der Waals surface area contributed by atoms with Gasteiger partial charge in [0.05, 0.1) is 44.2 Å². The fourth-order valence-corrected chi connectivity index (χ4v) is 16.4. The lowest BCUT2D eigenvalue weighted by Gasteiger charge is -2.72. The fraction of sp³-hybridized carbons (Fsp3) is 0.943. The van der Waals surface area contributed by atoms with Crippen molar-refractivity contribution >= 4 is 5.97 Å². The molecular weight excluding hydrogens is 1000 g/mol. The molecule has 5 aliphatic carbocycles. The number of aliphatic carboxylic acids is 1. The molecule has 8 fully saturated rings. The highest BCUT2D eigenvalue weighted by Gasteiger charge is 2.71. The Balaban J connectivity index is 0.969. The number of rotatable bonds is 11. The average molecular weight is 1090 g/mol. The van der Waals surface area contributed by atoms with Crippen molar-refractivity contribution in [3.8, 4) is 0 Å². The van der Waals surface area contributed by atoms with Crippen LogP contribution in [0.1, 0.15) is 107 Å². The van der Waals surface area contributed by atoms with E-state index < -0.39 is 164 Å². The molecule has 0 spiro atoms. The second kappa shape index (κ2) is 21.0. The van der Waals surface area contributed by atoms with E-state index >= 15 is 0 Å². The SMILES string of the molecule is C[C@@H]1O[C@@H](O[C@H]2[C@H](O[C@H]3[C@H](O[C@H]4CC[C@@]5(C)[C@@H](CC[C@]6(C)[C@@H]5CC=C5[C@@H]7CC(C)(C)[C@H](O[C@@H]8OC[C@H](O)[C@H](O)[C@H]8O)[C@@H](O)[C@]7(C)CC[C@]56C)[C@@]4(C)CO)O[C@H](C(=O)O)[C@@H](O)[C@@H]3O)O[C@H](CO)[C@H](O)[C@@H]2O)[C@H](O)[C@H](O)[C@H]1O. The number of carbonyl (C=O) groups is 1. The molecule has 4 aliphatic heterocycles. The van der Waals surface area contributed by atoms with Crippen LogP contribution in [-0.4, -0.2) is 232 Å². The van der Waals surface area contributed by atoms with Gasteiger partial charge in [-0.1, -0.05) is 60.1 Å². The van der Waals surface area contributed by atoms with Crippen LogP contribution in [0.3, 0.4) is 0 Å². The average Bonchev–Trinajstić information content (AvgIpc) is 3.37. The van der Waals surface area contributed by atoms with E-state index in [2.05, 4.69) is 33.8 Å². The van der Waals surface area contributed by atoms with E-state index in [1.54, 1.807) is 0 Å². The van der Waals surface area contributed by atoms with Crippen molar-refractivity contribution < 1.29 is 114 Å². The monoisotopic (exact) mass is 1090 g/mol. The minimum absolute atomic E-state index is 0.0217. The Kier molecular flexibility index (Phi) is 16.3. The Morgan fingerprint density at radius 3 is 1.91 bits per heavy atom. The Morgan fingerprint density at radius 1 is 0.632 bits per heavy atom. The zero-order valence-electron chi connectivity index (χ0n) is 44.7. The summed E-state index contributed by atoms with van der Waals surface area (Å²) in [5.74, 6) is -1.71. The normalized spacial score (nSPS) is 56.3. The lowest BCUT2D eigenvalue weighted by molar-refractivity contribution is -0.396. The van der Waals surface area contributed by atoms with Crippen molar-refractivity contribution in [3.63, 3.8) is 0 Å². The van der Waals surface area contributed by atoms with Crippen LogP contribution < -0.4 is 0 Å². The summed E-state index contributed by atoms with van der Waals surface area (Å²) >= 11 is 0. The molecule has 0 aromatic rings. The second-order valence-electron chi connectivity index (χ2n) is 26.0. The zero-order valence-corrected chi connectivity index (χ0v) is 44.7. The molecule has 9 rings (SSSR count). The summed E-state index contributed by atoms with van der Waals surface area (Å²) in [6.45, 7) is 15.1. The van der Waals surface area contributed by atoms with Crippen LogP contribution in [0.15, 0.2) is 11.6 Å². The quantitative estimate of drug-likeness (QED) is 0.0797. The minimum Gasteiger partial charge on any atom is -0.479 e. The topological polar surface area (TPSA) is 374 Å². The van der Waals surface area contributed by atoms with E-state index in [0.717, 1.165) is 19.3 Å². The van der Waals surface area contributed by atoms with Crippen LogP contribution in [0, 0.1) is 50.2 Å². The number of aliphatic hydroxyl groups is 13. The van der Waals surface area contributed by atoms with Gasteiger partial charge >= 0.3 is 5.97 Å². The molecule has 0 unspecified atom stereocenters. The number of allylic oxidation sites excluding steroid dienone is 2. The summed E-state index contributed by atoms with van der Waals surface area (Å²) < 4.78 is 48.3. The van der Waals surface area contributed by atoms with E-state index in [0.29, 0.717) is 32.1 Å². The molecule has 23 heteroatoms. The molecule has 4 heterocycles. The smallest absolute Gasteiger partial charge is 0.335 e. The first-order valence-corrected chi connectivity index (χ1v) is 27.3. The van der Waals surface area contributed by atoms with Crippen molar-refractivity contribution in [3.05, 3.63) is 11.6 Å². The molecule has 0 aromatic carbocycles. The lowest BCUT2D eigenvalue weighted by Crippen LogP contribution is -2.69. The standard InChI is InChI=1S/C53H86O23/c1-21-29(57)32(60)37(65)45(70-21)74-39-33(61)31(59)25(18-54)71-46(39)75-40-35(63)34(62)38(43(67)68)73-47(40)72-28-12-13-50(5)26(51(28,6)20-55)11-14-53(8)27(50)10-9-22-23-17-48(2,3)42(41(66)49(23,4)15-16-52(22,53)7)76-44-36(64)30(58)24(56)19-69-44/h9,21,23-42,44-47,54-66H,10-20H2,1-8H3,(H,67,68)/t21-,23-,24-,25+,26+,27+,28-,29-,30-,31-,32+,33-,34-,35-,36+,37+,38-,39+,40+,41+,42+,44-,45-,46-,47+,49+,50-,51+,52+,53+/m0/s1. The molecular formula is C53H86O23. The molecule has 436 valence electrons. The maximum Gasteiger partial charge on any atom is 0.335 e. The van der Waals surface area contributed by atoms with Gasteiger partial charge in [-0.2, -0.15) is 0 Å². The Labute approximate surface area is 442 Å². The predicted molar refractivity (Wildman–Crippen MR) is 259 cm³/mol. The summed E-state index contributed by atoms with van der Waals surface area (Å²) in [6.07, 6.45) is -27.3. The molecule has 30 atom stereocenters. The second-order valence-corrected chi connectivity index (χ2v) is 26.0. The Hall–Kier alpha value is -1.63. The van der Waals surface area contributed by atoms with Crippen molar-refractivity contribution in [2.75, 3.05) is 19.8 Å². The number of ether oxygens (including phenoxy) is 8. The molecule has 9 aliphatic rings. The summed E-state index contributed by atoms with van der Waals surface area (Å²) in [4.78, 5) is 12.6. The summed E-state index contributed by atoms with van der Waals surface area (Å²) in [5.41, 5.74) is -1.84. The van der Waals surface area contributed by atoms with Crippen LogP contribution in [0.5, 0.6) is 0 Å². The first-order chi connectivity index (χ1) is 35.4. The van der Waals surface area contributed by atoms with Crippen LogP contribution >= 0.6 is 0 Å². The summed E-state index contributed by atoms with van der Waals surface area (Å²) in [5, 5.41) is 153. The highest BCUT2D eigenvalue weighted by atomic mass is 16.8. The first kappa shape index (κ1) is 59.0. The largest absolute Gasteiger partial charge is 0.479 e. The third-order valence-corrected chi connectivity index (χ3v) is 21.4. The first-order valence-electron chi connectivity index (χ1n) is 27.3. The van der Waals surface area contributed by atoms with Gasteiger partial charge in [-0.05, 0) is 97.7 Å².